The number of halogens is 1. The van der Waals surface area contributed by atoms with Crippen LogP contribution in [0.4, 0.5) is 0 Å². The molecule has 0 spiro atoms. The first kappa shape index (κ1) is 12.9. The Labute approximate surface area is 114 Å². The molecule has 0 atom stereocenters. The second-order valence-corrected chi connectivity index (χ2v) is 5.95. The van der Waals surface area contributed by atoms with Crippen molar-refractivity contribution in [1.82, 2.24) is 4.98 Å². The summed E-state index contributed by atoms with van der Waals surface area (Å²) in [5.74, 6) is 0.885. The maximum atomic E-state index is 5.93. The summed E-state index contributed by atoms with van der Waals surface area (Å²) >= 11 is 9.38. The average Bonchev–Trinajstić information content (AvgIpc) is 2.75. The number of thioether (sulfide) groups is 1. The van der Waals surface area contributed by atoms with Crippen LogP contribution in [0.1, 0.15) is 10.7 Å². The summed E-state index contributed by atoms with van der Waals surface area (Å²) in [5.41, 5.74) is 6.59. The zero-order chi connectivity index (χ0) is 12.1. The monoisotopic (exact) mass is 284 g/mol. The molecule has 1 aromatic heterocycles. The second kappa shape index (κ2) is 6.40. The number of hydrogen-bond acceptors (Lipinski definition) is 4. The summed E-state index contributed by atoms with van der Waals surface area (Å²) in [5, 5.41) is 4.00. The predicted molar refractivity (Wildman–Crippen MR) is 75.9 cm³/mol. The maximum absolute atomic E-state index is 5.93. The Balaban J connectivity index is 1.93. The van der Waals surface area contributed by atoms with Gasteiger partial charge in [-0.2, -0.15) is 0 Å². The van der Waals surface area contributed by atoms with Crippen LogP contribution < -0.4 is 5.73 Å². The lowest BCUT2D eigenvalue weighted by atomic mass is 10.3. The molecule has 2 aromatic rings. The van der Waals surface area contributed by atoms with Gasteiger partial charge in [-0.3, -0.25) is 0 Å². The van der Waals surface area contributed by atoms with Crippen LogP contribution >= 0.6 is 34.7 Å². The molecule has 90 valence electrons. The third-order valence-corrected chi connectivity index (χ3v) is 4.48. The van der Waals surface area contributed by atoms with E-state index in [-0.39, 0.29) is 0 Å². The van der Waals surface area contributed by atoms with Crippen LogP contribution in [-0.4, -0.2) is 11.5 Å². The van der Waals surface area contributed by atoms with Gasteiger partial charge in [0.05, 0.1) is 11.4 Å². The Morgan fingerprint density at radius 1 is 1.41 bits per heavy atom. The topological polar surface area (TPSA) is 38.9 Å². The minimum absolute atomic E-state index is 0.657. The van der Waals surface area contributed by atoms with Crippen molar-refractivity contribution in [2.24, 2.45) is 5.73 Å². The molecular formula is C12H13ClN2S2. The van der Waals surface area contributed by atoms with Crippen LogP contribution in [0.15, 0.2) is 34.5 Å². The highest BCUT2D eigenvalue weighted by Gasteiger charge is 2.02. The van der Waals surface area contributed by atoms with Gasteiger partial charge in [-0.05, 0) is 24.7 Å². The van der Waals surface area contributed by atoms with E-state index in [4.69, 9.17) is 17.3 Å². The number of rotatable bonds is 5. The molecule has 1 heterocycles. The van der Waals surface area contributed by atoms with E-state index in [9.17, 15) is 0 Å². The molecule has 0 bridgehead atoms. The summed E-state index contributed by atoms with van der Waals surface area (Å²) in [6.07, 6.45) is 0.859. The first-order chi connectivity index (χ1) is 8.28. The van der Waals surface area contributed by atoms with Crippen molar-refractivity contribution in [1.29, 1.82) is 0 Å². The van der Waals surface area contributed by atoms with Crippen LogP contribution in [-0.2, 0) is 12.2 Å². The van der Waals surface area contributed by atoms with Crippen molar-refractivity contribution in [3.63, 3.8) is 0 Å². The van der Waals surface area contributed by atoms with Gasteiger partial charge in [-0.25, -0.2) is 4.98 Å². The standard InChI is InChI=1S/C12H13ClN2S2/c13-9-2-1-3-11(6-9)16-8-12-15-10(4-5-14)7-17-12/h1-3,6-7H,4-5,8,14H2. The second-order valence-electron chi connectivity index (χ2n) is 3.52. The summed E-state index contributed by atoms with van der Waals surface area (Å²) in [7, 11) is 0. The maximum Gasteiger partial charge on any atom is 0.103 e. The Morgan fingerprint density at radius 2 is 2.29 bits per heavy atom. The molecule has 2 rings (SSSR count). The first-order valence-corrected chi connectivity index (χ1v) is 7.54. The number of thiazole rings is 1. The van der Waals surface area contributed by atoms with Crippen molar-refractivity contribution < 1.29 is 0 Å². The van der Waals surface area contributed by atoms with Gasteiger partial charge in [0.2, 0.25) is 0 Å². The van der Waals surface area contributed by atoms with E-state index >= 15 is 0 Å². The fourth-order valence-corrected chi connectivity index (χ4v) is 3.44. The summed E-state index contributed by atoms with van der Waals surface area (Å²) in [6.45, 7) is 0.657. The van der Waals surface area contributed by atoms with E-state index in [1.54, 1.807) is 23.1 Å². The van der Waals surface area contributed by atoms with Crippen LogP contribution in [0.3, 0.4) is 0 Å². The van der Waals surface area contributed by atoms with Crippen molar-refractivity contribution in [3.05, 3.63) is 45.4 Å². The summed E-state index contributed by atoms with van der Waals surface area (Å²) in [4.78, 5) is 5.70. The third kappa shape index (κ3) is 4.00. The number of benzene rings is 1. The van der Waals surface area contributed by atoms with E-state index in [1.807, 2.05) is 18.2 Å². The molecule has 0 saturated heterocycles. The number of nitrogens with two attached hydrogens (primary N) is 1. The zero-order valence-electron chi connectivity index (χ0n) is 9.23. The molecule has 2 nitrogen and oxygen atoms in total. The third-order valence-electron chi connectivity index (χ3n) is 2.16. The number of hydrogen-bond donors (Lipinski definition) is 1. The fraction of sp³-hybridized carbons (Fsp3) is 0.250. The minimum atomic E-state index is 0.657. The Hall–Kier alpha value is -0.550. The van der Waals surface area contributed by atoms with E-state index in [0.717, 1.165) is 27.9 Å². The minimum Gasteiger partial charge on any atom is -0.330 e. The largest absolute Gasteiger partial charge is 0.330 e. The summed E-state index contributed by atoms with van der Waals surface area (Å²) < 4.78 is 0. The van der Waals surface area contributed by atoms with Crippen LogP contribution in [0.5, 0.6) is 0 Å². The van der Waals surface area contributed by atoms with E-state index in [0.29, 0.717) is 6.54 Å². The molecule has 5 heteroatoms. The molecule has 0 aliphatic heterocycles. The van der Waals surface area contributed by atoms with Gasteiger partial charge in [-0.15, -0.1) is 23.1 Å². The molecule has 0 amide bonds. The Morgan fingerprint density at radius 3 is 3.06 bits per heavy atom. The van der Waals surface area contributed by atoms with E-state index < -0.39 is 0 Å². The molecule has 2 N–H and O–H groups in total. The quantitative estimate of drug-likeness (QED) is 0.853. The highest BCUT2D eigenvalue weighted by molar-refractivity contribution is 7.98. The highest BCUT2D eigenvalue weighted by Crippen LogP contribution is 2.26. The molecule has 1 aromatic carbocycles. The molecule has 0 aliphatic rings. The zero-order valence-corrected chi connectivity index (χ0v) is 11.6. The lowest BCUT2D eigenvalue weighted by Crippen LogP contribution is -2.02. The van der Waals surface area contributed by atoms with Crippen LogP contribution in [0.2, 0.25) is 5.02 Å². The lowest BCUT2D eigenvalue weighted by molar-refractivity contribution is 0.928. The molecule has 0 unspecified atom stereocenters. The van der Waals surface area contributed by atoms with Crippen molar-refractivity contribution in [2.45, 2.75) is 17.1 Å². The highest BCUT2D eigenvalue weighted by atomic mass is 35.5. The van der Waals surface area contributed by atoms with Gasteiger partial charge < -0.3 is 5.73 Å². The Bertz CT molecular complexity index is 485. The van der Waals surface area contributed by atoms with Gasteiger partial charge >= 0.3 is 0 Å². The van der Waals surface area contributed by atoms with Crippen LogP contribution in [0, 0.1) is 0 Å². The predicted octanol–water partition coefficient (Wildman–Crippen LogP) is 3.59. The van der Waals surface area contributed by atoms with Crippen molar-refractivity contribution in [3.8, 4) is 0 Å². The first-order valence-electron chi connectivity index (χ1n) is 5.29. The molecular weight excluding hydrogens is 272 g/mol. The van der Waals surface area contributed by atoms with Gasteiger partial charge in [0.1, 0.15) is 5.01 Å². The molecule has 17 heavy (non-hydrogen) atoms. The average molecular weight is 285 g/mol. The van der Waals surface area contributed by atoms with Crippen molar-refractivity contribution in [2.75, 3.05) is 6.54 Å². The number of nitrogens with zero attached hydrogens (tertiary/aromatic N) is 1. The van der Waals surface area contributed by atoms with Crippen molar-refractivity contribution >= 4 is 34.7 Å². The molecule has 0 saturated carbocycles. The molecule has 0 fully saturated rings. The molecule has 0 radical (unpaired) electrons. The van der Waals surface area contributed by atoms with Gasteiger partial charge in [-0.1, -0.05) is 17.7 Å². The smallest absolute Gasteiger partial charge is 0.103 e. The van der Waals surface area contributed by atoms with Gasteiger partial charge in [0.25, 0.3) is 0 Å². The molecule has 0 aliphatic carbocycles. The Kier molecular flexibility index (Phi) is 4.86. The SMILES string of the molecule is NCCc1csc(CSc2cccc(Cl)c2)n1. The number of aromatic nitrogens is 1. The van der Waals surface area contributed by atoms with E-state index in [1.165, 1.54) is 4.90 Å². The fourth-order valence-electron chi connectivity index (χ4n) is 1.38. The van der Waals surface area contributed by atoms with Gasteiger partial charge in [0.15, 0.2) is 0 Å². The normalized spacial score (nSPS) is 10.7. The lowest BCUT2D eigenvalue weighted by Gasteiger charge is -1.99. The van der Waals surface area contributed by atoms with Gasteiger partial charge in [0, 0.05) is 21.7 Å². The van der Waals surface area contributed by atoms with Crippen LogP contribution in [0.25, 0.3) is 0 Å². The summed E-state index contributed by atoms with van der Waals surface area (Å²) in [6, 6.07) is 7.88. The van der Waals surface area contributed by atoms with E-state index in [2.05, 4.69) is 16.4 Å².